The molecule has 0 saturated heterocycles. The van der Waals surface area contributed by atoms with Gasteiger partial charge in [-0.25, -0.2) is 4.39 Å². The van der Waals surface area contributed by atoms with Crippen molar-refractivity contribution in [1.29, 1.82) is 0 Å². The van der Waals surface area contributed by atoms with Crippen LogP contribution in [0.15, 0.2) is 42.5 Å². The maximum Gasteiger partial charge on any atom is 0.124 e. The minimum atomic E-state index is -0.217. The summed E-state index contributed by atoms with van der Waals surface area (Å²) in [6.07, 6.45) is 0. The smallest absolute Gasteiger partial charge is 0.124 e. The lowest BCUT2D eigenvalue weighted by Gasteiger charge is -2.21. The fraction of sp³-hybridized carbons (Fsp3) is 0.250. The van der Waals surface area contributed by atoms with E-state index in [1.54, 1.807) is 6.07 Å². The van der Waals surface area contributed by atoms with E-state index >= 15 is 0 Å². The molecular weight excluding hydrogens is 368 g/mol. The Morgan fingerprint density at radius 2 is 1.95 bits per heavy atom. The molecule has 2 aromatic carbocycles. The topological polar surface area (TPSA) is 21.3 Å². The Labute approximate surface area is 132 Å². The van der Waals surface area contributed by atoms with Crippen molar-refractivity contribution in [2.24, 2.45) is 0 Å². The van der Waals surface area contributed by atoms with Crippen LogP contribution in [0.4, 0.5) is 4.39 Å². The summed E-state index contributed by atoms with van der Waals surface area (Å²) >= 11 is 2.16. The molecule has 0 saturated carbocycles. The fourth-order valence-corrected chi connectivity index (χ4v) is 3.01. The highest BCUT2D eigenvalue weighted by atomic mass is 127. The highest BCUT2D eigenvalue weighted by Gasteiger charge is 2.18. The van der Waals surface area contributed by atoms with E-state index in [4.69, 9.17) is 4.74 Å². The Hall–Kier alpha value is -1.14. The Kier molecular flexibility index (Phi) is 5.37. The molecule has 4 heteroatoms. The van der Waals surface area contributed by atoms with Crippen LogP contribution in [0.5, 0.6) is 5.75 Å². The predicted molar refractivity (Wildman–Crippen MR) is 87.6 cm³/mol. The number of nitrogens with one attached hydrogen (secondary N) is 1. The molecule has 2 aromatic rings. The minimum absolute atomic E-state index is 0.0229. The molecule has 106 valence electrons. The highest BCUT2D eigenvalue weighted by Crippen LogP contribution is 2.32. The van der Waals surface area contributed by atoms with Gasteiger partial charge < -0.3 is 10.1 Å². The molecule has 0 bridgehead atoms. The molecule has 0 heterocycles. The first kappa shape index (κ1) is 15.3. The predicted octanol–water partition coefficient (Wildman–Crippen LogP) is 4.14. The van der Waals surface area contributed by atoms with Crippen LogP contribution in [0.3, 0.4) is 0 Å². The summed E-state index contributed by atoms with van der Waals surface area (Å²) in [7, 11) is 1.90. The molecule has 0 aliphatic rings. The van der Waals surface area contributed by atoms with Crippen molar-refractivity contribution >= 4 is 22.6 Å². The van der Waals surface area contributed by atoms with Gasteiger partial charge in [-0.1, -0.05) is 24.3 Å². The number of halogens is 2. The van der Waals surface area contributed by atoms with Gasteiger partial charge in [0.05, 0.1) is 12.6 Å². The van der Waals surface area contributed by atoms with Gasteiger partial charge in [-0.2, -0.15) is 0 Å². The summed E-state index contributed by atoms with van der Waals surface area (Å²) in [4.78, 5) is 0. The zero-order valence-corrected chi connectivity index (χ0v) is 13.6. The van der Waals surface area contributed by atoms with Crippen LogP contribution in [0.2, 0.25) is 0 Å². The molecule has 0 aliphatic heterocycles. The summed E-state index contributed by atoms with van der Waals surface area (Å²) < 4.78 is 19.9. The third-order valence-electron chi connectivity index (χ3n) is 3.09. The van der Waals surface area contributed by atoms with Gasteiger partial charge in [0.1, 0.15) is 11.6 Å². The maximum atomic E-state index is 13.3. The lowest BCUT2D eigenvalue weighted by atomic mass is 9.98. The Balaban J connectivity index is 2.47. The van der Waals surface area contributed by atoms with Gasteiger partial charge in [0.25, 0.3) is 0 Å². The zero-order chi connectivity index (χ0) is 14.5. The van der Waals surface area contributed by atoms with Crippen molar-refractivity contribution in [3.8, 4) is 5.75 Å². The molecule has 1 N–H and O–H groups in total. The first-order chi connectivity index (χ1) is 9.67. The van der Waals surface area contributed by atoms with Crippen LogP contribution in [0.1, 0.15) is 24.1 Å². The lowest BCUT2D eigenvalue weighted by molar-refractivity contribution is 0.334. The number of ether oxygens (including phenoxy) is 1. The minimum Gasteiger partial charge on any atom is -0.494 e. The highest BCUT2D eigenvalue weighted by molar-refractivity contribution is 14.1. The molecule has 2 rings (SSSR count). The summed E-state index contributed by atoms with van der Waals surface area (Å²) in [6, 6.07) is 12.8. The Morgan fingerprint density at radius 3 is 2.60 bits per heavy atom. The molecule has 2 nitrogen and oxygen atoms in total. The number of rotatable bonds is 5. The maximum absolute atomic E-state index is 13.3. The summed E-state index contributed by atoms with van der Waals surface area (Å²) in [5.41, 5.74) is 2.10. The lowest BCUT2D eigenvalue weighted by Crippen LogP contribution is -2.19. The molecule has 1 atom stereocenters. The SMILES string of the molecule is CCOc1ccccc1C(NC)c1ccc(F)cc1I. The van der Waals surface area contributed by atoms with Gasteiger partial charge in [0.2, 0.25) is 0 Å². The van der Waals surface area contributed by atoms with Gasteiger partial charge in [0.15, 0.2) is 0 Å². The number of hydrogen-bond donors (Lipinski definition) is 1. The second-order valence-corrected chi connectivity index (χ2v) is 5.52. The van der Waals surface area contributed by atoms with Crippen molar-refractivity contribution in [2.75, 3.05) is 13.7 Å². The summed E-state index contributed by atoms with van der Waals surface area (Å²) in [5, 5.41) is 3.29. The average molecular weight is 385 g/mol. The molecule has 0 amide bonds. The second kappa shape index (κ2) is 7.04. The molecule has 0 fully saturated rings. The number of para-hydroxylation sites is 1. The van der Waals surface area contributed by atoms with Crippen LogP contribution in [0, 0.1) is 9.39 Å². The van der Waals surface area contributed by atoms with E-state index in [0.717, 1.165) is 20.4 Å². The number of hydrogen-bond acceptors (Lipinski definition) is 2. The van der Waals surface area contributed by atoms with Crippen molar-refractivity contribution in [2.45, 2.75) is 13.0 Å². The first-order valence-electron chi connectivity index (χ1n) is 6.51. The molecule has 0 spiro atoms. The van der Waals surface area contributed by atoms with E-state index in [1.165, 1.54) is 6.07 Å². The molecule has 20 heavy (non-hydrogen) atoms. The van der Waals surface area contributed by atoms with E-state index in [0.29, 0.717) is 6.61 Å². The van der Waals surface area contributed by atoms with Crippen molar-refractivity contribution in [3.05, 3.63) is 63.0 Å². The van der Waals surface area contributed by atoms with Gasteiger partial charge in [-0.3, -0.25) is 0 Å². The third-order valence-corrected chi connectivity index (χ3v) is 4.03. The van der Waals surface area contributed by atoms with Gasteiger partial charge in [0, 0.05) is 9.13 Å². The van der Waals surface area contributed by atoms with Crippen LogP contribution < -0.4 is 10.1 Å². The molecule has 1 unspecified atom stereocenters. The molecule has 0 aliphatic carbocycles. The second-order valence-electron chi connectivity index (χ2n) is 4.36. The molecule has 0 radical (unpaired) electrons. The van der Waals surface area contributed by atoms with E-state index in [2.05, 4.69) is 27.9 Å². The third kappa shape index (κ3) is 3.30. The molecule has 0 aromatic heterocycles. The Morgan fingerprint density at radius 1 is 1.20 bits per heavy atom. The standard InChI is InChI=1S/C16H17FINO/c1-3-20-15-7-5-4-6-13(15)16(19-2)12-9-8-11(17)10-14(12)18/h4-10,16,19H,3H2,1-2H3. The first-order valence-corrected chi connectivity index (χ1v) is 7.59. The van der Waals surface area contributed by atoms with Crippen molar-refractivity contribution < 1.29 is 9.13 Å². The molecular formula is C16H17FINO. The Bertz CT molecular complexity index is 588. The van der Waals surface area contributed by atoms with Crippen LogP contribution in [-0.4, -0.2) is 13.7 Å². The van der Waals surface area contributed by atoms with Crippen LogP contribution >= 0.6 is 22.6 Å². The van der Waals surface area contributed by atoms with Crippen molar-refractivity contribution in [1.82, 2.24) is 5.32 Å². The van der Waals surface area contributed by atoms with Gasteiger partial charge in [-0.15, -0.1) is 0 Å². The van der Waals surface area contributed by atoms with E-state index in [-0.39, 0.29) is 11.9 Å². The van der Waals surface area contributed by atoms with Crippen LogP contribution in [-0.2, 0) is 0 Å². The largest absolute Gasteiger partial charge is 0.494 e. The van der Waals surface area contributed by atoms with Gasteiger partial charge >= 0.3 is 0 Å². The van der Waals surface area contributed by atoms with E-state index < -0.39 is 0 Å². The van der Waals surface area contributed by atoms with Crippen LogP contribution in [0.25, 0.3) is 0 Å². The van der Waals surface area contributed by atoms with Gasteiger partial charge in [-0.05, 0) is 60.3 Å². The quantitative estimate of drug-likeness (QED) is 0.782. The van der Waals surface area contributed by atoms with E-state index in [1.807, 2.05) is 44.3 Å². The zero-order valence-electron chi connectivity index (χ0n) is 11.5. The monoisotopic (exact) mass is 385 g/mol. The normalized spacial score (nSPS) is 12.2. The number of benzene rings is 2. The summed E-state index contributed by atoms with van der Waals surface area (Å²) in [6.45, 7) is 2.58. The average Bonchev–Trinajstić information content (AvgIpc) is 2.44. The van der Waals surface area contributed by atoms with E-state index in [9.17, 15) is 4.39 Å². The summed E-state index contributed by atoms with van der Waals surface area (Å²) in [5.74, 6) is 0.639. The fourth-order valence-electron chi connectivity index (χ4n) is 2.22. The van der Waals surface area contributed by atoms with Crippen molar-refractivity contribution in [3.63, 3.8) is 0 Å².